The molecule has 4 nitrogen and oxygen atoms in total. The van der Waals surface area contributed by atoms with E-state index < -0.39 is 0 Å². The molecule has 0 radical (unpaired) electrons. The number of aromatic nitrogens is 1. The molecule has 0 aliphatic rings. The van der Waals surface area contributed by atoms with Gasteiger partial charge in [-0.1, -0.05) is 97.5 Å². The largest absolute Gasteiger partial charge is 1.00 e. The number of ether oxygens (including phenoxy) is 1. The molecule has 1 aromatic carbocycles. The summed E-state index contributed by atoms with van der Waals surface area (Å²) in [6.07, 6.45) is 22.1. The van der Waals surface area contributed by atoms with Crippen molar-refractivity contribution in [2.75, 3.05) is 6.61 Å². The van der Waals surface area contributed by atoms with Crippen LogP contribution in [0.25, 0.3) is 0 Å². The van der Waals surface area contributed by atoms with Crippen LogP contribution in [0.3, 0.4) is 0 Å². The molecule has 1 N–H and O–H groups in total. The molecule has 0 fully saturated rings. The van der Waals surface area contributed by atoms with Gasteiger partial charge in [0.15, 0.2) is 12.4 Å². The van der Waals surface area contributed by atoms with Gasteiger partial charge in [-0.3, -0.25) is 4.79 Å². The number of aryl methyl sites for hydroxylation is 2. The molecular formula is C33H53IN2O2. The van der Waals surface area contributed by atoms with Gasteiger partial charge in [-0.2, -0.15) is 0 Å². The van der Waals surface area contributed by atoms with Gasteiger partial charge in [-0.05, 0) is 43.0 Å². The number of pyridine rings is 1. The predicted molar refractivity (Wildman–Crippen MR) is 155 cm³/mol. The molecule has 0 aliphatic carbocycles. The molecule has 0 bridgehead atoms. The van der Waals surface area contributed by atoms with Crippen molar-refractivity contribution in [3.05, 3.63) is 59.4 Å². The SMILES string of the molecule is CCCCCCCCCCCCCCOc1ccc(C(CC)NC(=O)c2cc[n+](CCC)cc2)c(C)c1.[I-]. The number of carbonyl (C=O) groups excluding carboxylic acids is 1. The summed E-state index contributed by atoms with van der Waals surface area (Å²) >= 11 is 0. The quantitative estimate of drug-likeness (QED) is 0.116. The zero-order valence-electron chi connectivity index (χ0n) is 24.6. The molecule has 5 heteroatoms. The molecule has 214 valence electrons. The third-order valence-electron chi connectivity index (χ3n) is 7.23. The highest BCUT2D eigenvalue weighted by Crippen LogP contribution is 2.25. The van der Waals surface area contributed by atoms with Gasteiger partial charge in [0.25, 0.3) is 5.91 Å². The van der Waals surface area contributed by atoms with Crippen LogP contribution in [0.15, 0.2) is 42.7 Å². The van der Waals surface area contributed by atoms with Crippen molar-refractivity contribution in [3.8, 4) is 5.75 Å². The number of amides is 1. The molecule has 1 aromatic heterocycles. The van der Waals surface area contributed by atoms with Gasteiger partial charge in [0.1, 0.15) is 12.3 Å². The number of halogens is 1. The van der Waals surface area contributed by atoms with Crippen LogP contribution in [-0.2, 0) is 6.54 Å². The molecule has 0 spiro atoms. The van der Waals surface area contributed by atoms with Gasteiger partial charge in [0.05, 0.1) is 18.2 Å². The minimum atomic E-state index is -0.0257. The molecule has 0 saturated heterocycles. The van der Waals surface area contributed by atoms with E-state index >= 15 is 0 Å². The molecule has 1 unspecified atom stereocenters. The van der Waals surface area contributed by atoms with Crippen molar-refractivity contribution in [1.29, 1.82) is 0 Å². The summed E-state index contributed by atoms with van der Waals surface area (Å²) in [4.78, 5) is 12.8. The highest BCUT2D eigenvalue weighted by atomic mass is 127. The van der Waals surface area contributed by atoms with Crippen LogP contribution in [0.5, 0.6) is 5.75 Å². The van der Waals surface area contributed by atoms with E-state index in [1.807, 2.05) is 30.6 Å². The summed E-state index contributed by atoms with van der Waals surface area (Å²) in [6, 6.07) is 10.1. The smallest absolute Gasteiger partial charge is 0.252 e. The molecule has 1 amide bonds. The van der Waals surface area contributed by atoms with E-state index in [1.54, 1.807) is 0 Å². The number of hydrogen-bond acceptors (Lipinski definition) is 2. The zero-order chi connectivity index (χ0) is 26.7. The lowest BCUT2D eigenvalue weighted by atomic mass is 9.98. The second-order valence-corrected chi connectivity index (χ2v) is 10.5. The van der Waals surface area contributed by atoms with Crippen LogP contribution in [0.4, 0.5) is 0 Å². The Bertz CT molecular complexity index is 885. The third-order valence-corrected chi connectivity index (χ3v) is 7.23. The highest BCUT2D eigenvalue weighted by Gasteiger charge is 2.17. The lowest BCUT2D eigenvalue weighted by Crippen LogP contribution is -3.00. The maximum atomic E-state index is 12.8. The van der Waals surface area contributed by atoms with E-state index in [-0.39, 0.29) is 35.9 Å². The monoisotopic (exact) mass is 636 g/mol. The standard InChI is InChI=1S/C33H52N2O2.HI/c1-5-8-9-10-11-12-13-14-15-16-17-18-26-37-30-19-20-31(28(4)27-30)32(7-3)34-33(36)29-21-24-35(23-6-2)25-22-29;/h19-22,24-25,27,32H,5-18,23,26H2,1-4H3;1H. The number of carbonyl (C=O) groups is 1. The van der Waals surface area contributed by atoms with Crippen molar-refractivity contribution in [1.82, 2.24) is 5.32 Å². The second-order valence-electron chi connectivity index (χ2n) is 10.5. The Labute approximate surface area is 250 Å². The minimum Gasteiger partial charge on any atom is -1.00 e. The van der Waals surface area contributed by atoms with Gasteiger partial charge in [0.2, 0.25) is 0 Å². The Balaban J connectivity index is 0.00000722. The van der Waals surface area contributed by atoms with E-state index in [0.29, 0.717) is 5.56 Å². The maximum Gasteiger partial charge on any atom is 0.252 e. The Morgan fingerprint density at radius 2 is 1.39 bits per heavy atom. The summed E-state index contributed by atoms with van der Waals surface area (Å²) < 4.78 is 8.14. The Morgan fingerprint density at radius 1 is 0.816 bits per heavy atom. The van der Waals surface area contributed by atoms with Crippen LogP contribution in [-0.4, -0.2) is 12.5 Å². The van der Waals surface area contributed by atoms with Gasteiger partial charge in [-0.25, -0.2) is 4.57 Å². The molecule has 38 heavy (non-hydrogen) atoms. The van der Waals surface area contributed by atoms with Crippen molar-refractivity contribution in [2.24, 2.45) is 0 Å². The topological polar surface area (TPSA) is 42.2 Å². The van der Waals surface area contributed by atoms with Crippen molar-refractivity contribution >= 4 is 5.91 Å². The average molecular weight is 637 g/mol. The Morgan fingerprint density at radius 3 is 1.92 bits per heavy atom. The summed E-state index contributed by atoms with van der Waals surface area (Å²) in [5.41, 5.74) is 3.02. The van der Waals surface area contributed by atoms with E-state index in [0.717, 1.165) is 49.3 Å². The van der Waals surface area contributed by atoms with E-state index in [9.17, 15) is 4.79 Å². The van der Waals surface area contributed by atoms with Gasteiger partial charge in [-0.15, -0.1) is 0 Å². The van der Waals surface area contributed by atoms with Crippen molar-refractivity contribution in [2.45, 2.75) is 130 Å². The average Bonchev–Trinajstić information content (AvgIpc) is 2.91. The summed E-state index contributed by atoms with van der Waals surface area (Å²) in [6.45, 7) is 10.4. The number of unbranched alkanes of at least 4 members (excludes halogenated alkanes) is 11. The molecule has 0 saturated carbocycles. The normalized spacial score (nSPS) is 11.6. The maximum absolute atomic E-state index is 12.8. The Hall–Kier alpha value is -1.63. The summed E-state index contributed by atoms with van der Waals surface area (Å²) in [5.74, 6) is 0.899. The fraction of sp³-hybridized carbons (Fsp3) is 0.636. The number of benzene rings is 1. The molecule has 1 atom stereocenters. The molecule has 2 rings (SSSR count). The molecular weight excluding hydrogens is 583 g/mol. The van der Waals surface area contributed by atoms with Gasteiger partial charge < -0.3 is 34.0 Å². The van der Waals surface area contributed by atoms with Crippen molar-refractivity contribution in [3.63, 3.8) is 0 Å². The lowest BCUT2D eigenvalue weighted by molar-refractivity contribution is -0.697. The first-order valence-electron chi connectivity index (χ1n) is 15.1. The number of rotatable bonds is 20. The molecule has 2 aromatic rings. The highest BCUT2D eigenvalue weighted by molar-refractivity contribution is 5.94. The molecule has 1 heterocycles. The predicted octanol–water partition coefficient (Wildman–Crippen LogP) is 5.66. The lowest BCUT2D eigenvalue weighted by Gasteiger charge is -2.20. The van der Waals surface area contributed by atoms with Crippen LogP contribution in [0.1, 0.15) is 138 Å². The first-order valence-corrected chi connectivity index (χ1v) is 15.1. The summed E-state index contributed by atoms with van der Waals surface area (Å²) in [7, 11) is 0. The summed E-state index contributed by atoms with van der Waals surface area (Å²) in [5, 5.41) is 3.22. The number of nitrogens with zero attached hydrogens (tertiary/aromatic N) is 1. The fourth-order valence-corrected chi connectivity index (χ4v) is 4.92. The van der Waals surface area contributed by atoms with Crippen LogP contribution in [0, 0.1) is 6.92 Å². The zero-order valence-corrected chi connectivity index (χ0v) is 26.7. The van der Waals surface area contributed by atoms with E-state index in [1.165, 1.54) is 70.6 Å². The van der Waals surface area contributed by atoms with Crippen LogP contribution >= 0.6 is 0 Å². The van der Waals surface area contributed by atoms with Crippen LogP contribution in [0.2, 0.25) is 0 Å². The molecule has 0 aliphatic heterocycles. The number of nitrogens with one attached hydrogen (secondary N) is 1. The number of hydrogen-bond donors (Lipinski definition) is 1. The fourth-order valence-electron chi connectivity index (χ4n) is 4.92. The van der Waals surface area contributed by atoms with E-state index in [4.69, 9.17) is 4.74 Å². The van der Waals surface area contributed by atoms with Gasteiger partial charge in [0, 0.05) is 18.6 Å². The van der Waals surface area contributed by atoms with Crippen molar-refractivity contribution < 1.29 is 38.1 Å². The third kappa shape index (κ3) is 13.4. The minimum absolute atomic E-state index is 0. The Kier molecular flexibility index (Phi) is 19.2. The first kappa shape index (κ1) is 34.4. The second kappa shape index (κ2) is 21.2. The van der Waals surface area contributed by atoms with Gasteiger partial charge >= 0.3 is 0 Å². The van der Waals surface area contributed by atoms with Crippen LogP contribution < -0.4 is 38.6 Å². The van der Waals surface area contributed by atoms with E-state index in [2.05, 4.69) is 49.7 Å². The first-order chi connectivity index (χ1) is 18.1.